The van der Waals surface area contributed by atoms with Crippen molar-refractivity contribution in [2.75, 3.05) is 14.1 Å². The number of ketones is 2. The van der Waals surface area contributed by atoms with Gasteiger partial charge in [0.1, 0.15) is 22.8 Å². The van der Waals surface area contributed by atoms with E-state index in [4.69, 9.17) is 5.73 Å². The number of hydrogen-bond donors (Lipinski definition) is 5. The highest BCUT2D eigenvalue weighted by atomic mass is 16.6. The van der Waals surface area contributed by atoms with Gasteiger partial charge in [-0.05, 0) is 67.7 Å². The topological polar surface area (TPSA) is 242 Å². The Morgan fingerprint density at radius 3 is 2.24 bits per heavy atom. The number of nitro benzene ring substituents is 1. The molecule has 3 amide bonds. The van der Waals surface area contributed by atoms with Crippen LogP contribution in [0.15, 0.2) is 77.3 Å². The number of carbonyl (C=O) groups is 5. The molecule has 7 rings (SSSR count). The van der Waals surface area contributed by atoms with Crippen molar-refractivity contribution in [3.8, 4) is 16.9 Å². The first-order valence-corrected chi connectivity index (χ1v) is 15.8. The summed E-state index contributed by atoms with van der Waals surface area (Å²) in [6.07, 6.45) is -0.259. The first kappa shape index (κ1) is 33.3. The van der Waals surface area contributed by atoms with E-state index in [2.05, 4.69) is 0 Å². The Morgan fingerprint density at radius 2 is 1.65 bits per heavy atom. The number of imide groups is 1. The lowest BCUT2D eigenvalue weighted by Gasteiger charge is -2.50. The molecular formula is C36H30N4O11. The van der Waals surface area contributed by atoms with Gasteiger partial charge in [0, 0.05) is 29.2 Å². The van der Waals surface area contributed by atoms with Crippen LogP contribution in [0.4, 0.5) is 5.69 Å². The van der Waals surface area contributed by atoms with Gasteiger partial charge in [0.15, 0.2) is 11.4 Å². The maximum atomic E-state index is 14.5. The van der Waals surface area contributed by atoms with Crippen molar-refractivity contribution in [3.05, 3.63) is 115 Å². The first-order chi connectivity index (χ1) is 24.1. The minimum atomic E-state index is -2.86. The first-order valence-electron chi connectivity index (χ1n) is 15.8. The van der Waals surface area contributed by atoms with E-state index in [0.717, 1.165) is 4.90 Å². The maximum Gasteiger partial charge on any atom is 0.270 e. The number of nitrogens with zero attached hydrogens (tertiary/aromatic N) is 3. The number of aromatic hydroxyl groups is 1. The van der Waals surface area contributed by atoms with Gasteiger partial charge in [-0.25, -0.2) is 0 Å². The Morgan fingerprint density at radius 1 is 1.00 bits per heavy atom. The molecule has 0 saturated heterocycles. The molecule has 51 heavy (non-hydrogen) atoms. The number of primary amides is 1. The molecular weight excluding hydrogens is 664 g/mol. The van der Waals surface area contributed by atoms with Crippen molar-refractivity contribution in [2.45, 2.75) is 31.0 Å². The van der Waals surface area contributed by atoms with Crippen molar-refractivity contribution in [1.29, 1.82) is 0 Å². The number of hydrogen-bond acceptors (Lipinski definition) is 12. The van der Waals surface area contributed by atoms with Crippen molar-refractivity contribution in [3.63, 3.8) is 0 Å². The minimum absolute atomic E-state index is 0.0747. The summed E-state index contributed by atoms with van der Waals surface area (Å²) in [4.78, 5) is 80.5. The van der Waals surface area contributed by atoms with E-state index in [1.54, 1.807) is 18.2 Å². The van der Waals surface area contributed by atoms with Crippen LogP contribution in [0.3, 0.4) is 0 Å². The van der Waals surface area contributed by atoms with Crippen molar-refractivity contribution < 1.29 is 49.3 Å². The molecule has 3 aromatic rings. The Balaban J connectivity index is 1.43. The van der Waals surface area contributed by atoms with Crippen LogP contribution in [0.2, 0.25) is 0 Å². The Labute approximate surface area is 288 Å². The van der Waals surface area contributed by atoms with Crippen molar-refractivity contribution in [1.82, 2.24) is 9.80 Å². The number of benzene rings is 3. The summed E-state index contributed by atoms with van der Waals surface area (Å²) in [6, 6.07) is 11.9. The summed E-state index contributed by atoms with van der Waals surface area (Å²) in [6.45, 7) is -0.504. The predicted molar refractivity (Wildman–Crippen MR) is 176 cm³/mol. The zero-order chi connectivity index (χ0) is 36.8. The third-order valence-corrected chi connectivity index (χ3v) is 10.4. The molecule has 15 heteroatoms. The Kier molecular flexibility index (Phi) is 7.47. The number of allylic oxidation sites excluding steroid dienone is 1. The highest BCUT2D eigenvalue weighted by Gasteiger charge is 2.63. The SMILES string of the molecule is CN(C)C1C(O)=C(C(N)=O)C(=O)C2(O)C(O)=C3C(=O)c4c(O)c(CN5C(=O)c6ccccc6C5=O)cc(-c5cccc([N+](=O)[O-])c5)c4CC3CC12. The third kappa shape index (κ3) is 4.62. The van der Waals surface area contributed by atoms with E-state index >= 15 is 0 Å². The molecule has 0 radical (unpaired) electrons. The second-order valence-electron chi connectivity index (χ2n) is 13.3. The number of carbonyl (C=O) groups excluding carboxylic acids is 5. The molecule has 0 aromatic heterocycles. The molecule has 4 aliphatic rings. The van der Waals surface area contributed by atoms with E-state index in [0.29, 0.717) is 0 Å². The Hall–Kier alpha value is -6.19. The van der Waals surface area contributed by atoms with Gasteiger partial charge in [0.05, 0.1) is 34.2 Å². The van der Waals surface area contributed by atoms with Gasteiger partial charge in [0.25, 0.3) is 23.4 Å². The molecule has 0 fully saturated rings. The van der Waals surface area contributed by atoms with Crippen LogP contribution in [0, 0.1) is 22.0 Å². The fourth-order valence-electron chi connectivity index (χ4n) is 8.09. The normalized spacial score (nSPS) is 24.1. The summed E-state index contributed by atoms with van der Waals surface area (Å²) in [5.74, 6) is -9.62. The summed E-state index contributed by atoms with van der Waals surface area (Å²) in [7, 11) is 3.03. The predicted octanol–water partition coefficient (Wildman–Crippen LogP) is 2.49. The van der Waals surface area contributed by atoms with Gasteiger partial charge in [-0.3, -0.25) is 43.9 Å². The standard InChI is InChI=1S/C36H30N4O11/c1-38(2)27-23-13-16-11-22-21(15-6-5-7-18(10-15)40(50)51)12-17(14-39-34(47)19-8-3-4-9-20(19)35(39)48)28(41)25(22)29(42)24(16)31(44)36(23,49)32(45)26(30(27)43)33(37)46/h3-10,12,16,23,27,41,43-44,49H,11,13-14H2,1-2H3,(H2,37,46). The second-order valence-corrected chi connectivity index (χ2v) is 13.3. The molecule has 0 saturated carbocycles. The van der Waals surface area contributed by atoms with E-state index < -0.39 is 92.6 Å². The summed E-state index contributed by atoms with van der Waals surface area (Å²) in [5, 5.41) is 58.2. The molecule has 3 aliphatic carbocycles. The zero-order valence-corrected chi connectivity index (χ0v) is 27.1. The van der Waals surface area contributed by atoms with Gasteiger partial charge in [-0.2, -0.15) is 0 Å². The van der Waals surface area contributed by atoms with Gasteiger partial charge in [-0.1, -0.05) is 24.3 Å². The third-order valence-electron chi connectivity index (χ3n) is 10.4. The highest BCUT2D eigenvalue weighted by Crippen LogP contribution is 2.53. The number of Topliss-reactive ketones (excluding diaryl/α,β-unsaturated/α-hetero) is 2. The smallest absolute Gasteiger partial charge is 0.270 e. The lowest BCUT2D eigenvalue weighted by molar-refractivity contribution is -0.384. The van der Waals surface area contributed by atoms with E-state index in [1.165, 1.54) is 55.4 Å². The fourth-order valence-corrected chi connectivity index (χ4v) is 8.09. The average molecular weight is 695 g/mol. The quantitative estimate of drug-likeness (QED) is 0.108. The number of phenols is 1. The van der Waals surface area contributed by atoms with Gasteiger partial charge >= 0.3 is 0 Å². The monoisotopic (exact) mass is 694 g/mol. The number of nitrogens with two attached hydrogens (primary N) is 1. The lowest BCUT2D eigenvalue weighted by Crippen LogP contribution is -2.63. The maximum absolute atomic E-state index is 14.5. The van der Waals surface area contributed by atoms with Gasteiger partial charge < -0.3 is 26.2 Å². The van der Waals surface area contributed by atoms with Crippen LogP contribution in [-0.4, -0.2) is 90.2 Å². The zero-order valence-electron chi connectivity index (χ0n) is 27.1. The van der Waals surface area contributed by atoms with Crippen LogP contribution >= 0.6 is 0 Å². The second kappa shape index (κ2) is 11.4. The van der Waals surface area contributed by atoms with E-state index in [9.17, 15) is 54.5 Å². The van der Waals surface area contributed by atoms with Crippen LogP contribution in [0.1, 0.15) is 48.6 Å². The van der Waals surface area contributed by atoms with Gasteiger partial charge in [-0.15, -0.1) is 0 Å². The molecule has 4 atom stereocenters. The van der Waals surface area contributed by atoms with E-state index in [1.807, 2.05) is 0 Å². The van der Waals surface area contributed by atoms with Crippen LogP contribution in [-0.2, 0) is 22.6 Å². The lowest BCUT2D eigenvalue weighted by atomic mass is 9.58. The Bertz CT molecular complexity index is 2200. The summed E-state index contributed by atoms with van der Waals surface area (Å²) in [5.41, 5.74) is 1.51. The highest BCUT2D eigenvalue weighted by molar-refractivity contribution is 6.25. The number of aliphatic hydroxyl groups excluding tert-OH is 2. The molecule has 1 heterocycles. The van der Waals surface area contributed by atoms with Crippen LogP contribution < -0.4 is 5.73 Å². The molecule has 4 unspecified atom stereocenters. The van der Waals surface area contributed by atoms with Crippen LogP contribution in [0.5, 0.6) is 5.75 Å². The number of amides is 3. The van der Waals surface area contributed by atoms with Crippen molar-refractivity contribution in [2.24, 2.45) is 17.6 Å². The number of nitro groups is 1. The largest absolute Gasteiger partial charge is 0.510 e. The minimum Gasteiger partial charge on any atom is -0.510 e. The number of rotatable bonds is 6. The van der Waals surface area contributed by atoms with E-state index in [-0.39, 0.29) is 57.5 Å². The summed E-state index contributed by atoms with van der Waals surface area (Å²) >= 11 is 0. The van der Waals surface area contributed by atoms with Crippen LogP contribution in [0.25, 0.3) is 11.1 Å². The number of phenolic OH excluding ortho intramolecular Hbond substituents is 1. The number of fused-ring (bicyclic) bond motifs is 4. The summed E-state index contributed by atoms with van der Waals surface area (Å²) < 4.78 is 0. The van der Waals surface area contributed by atoms with Crippen molar-refractivity contribution >= 4 is 35.0 Å². The fraction of sp³-hybridized carbons (Fsp3) is 0.250. The average Bonchev–Trinajstić information content (AvgIpc) is 3.32. The molecule has 1 aliphatic heterocycles. The molecule has 15 nitrogen and oxygen atoms in total. The molecule has 0 spiro atoms. The molecule has 3 aromatic carbocycles. The molecule has 0 bridgehead atoms. The number of aliphatic hydroxyl groups is 3. The number of likely N-dealkylation sites (N-methyl/N-ethyl adjacent to an activating group) is 1. The molecule has 6 N–H and O–H groups in total. The van der Waals surface area contributed by atoms with Gasteiger partial charge in [0.2, 0.25) is 5.78 Å². The number of non-ortho nitro benzene ring substituents is 1. The molecule has 260 valence electrons.